The number of nitrogens with one attached hydrogen (secondary N) is 1. The normalized spacial score (nSPS) is 29.2. The molecule has 2 saturated carbocycles. The Morgan fingerprint density at radius 2 is 1.77 bits per heavy atom. The molecule has 4 rings (SSSR count). The van der Waals surface area contributed by atoms with Crippen LogP contribution in [0.1, 0.15) is 43.0 Å². The number of anilines is 1. The van der Waals surface area contributed by atoms with E-state index in [4.69, 9.17) is 0 Å². The maximum absolute atomic E-state index is 12.6. The van der Waals surface area contributed by atoms with Gasteiger partial charge >= 0.3 is 0 Å². The van der Waals surface area contributed by atoms with Gasteiger partial charge in [0.25, 0.3) is 0 Å². The third-order valence-electron chi connectivity index (χ3n) is 6.13. The van der Waals surface area contributed by atoms with Crippen molar-refractivity contribution in [3.63, 3.8) is 0 Å². The second-order valence-electron chi connectivity index (χ2n) is 7.65. The minimum absolute atomic E-state index is 0.0660. The standard InChI is InChI=1S/C20H22N2O4/c1-11(23)12-3-2-4-15(10-12)21-16(24)7-8-22-19(25)17-13-5-6-14(9-13)18(17)20(22)26/h2-4,10,13-14,17-18H,5-9H2,1H3,(H,21,24)/t13-,14+,17+,18-. The Labute approximate surface area is 151 Å². The highest BCUT2D eigenvalue weighted by atomic mass is 16.2. The average molecular weight is 354 g/mol. The van der Waals surface area contributed by atoms with Crippen LogP contribution >= 0.6 is 0 Å². The Kier molecular flexibility index (Phi) is 4.13. The number of hydrogen-bond acceptors (Lipinski definition) is 4. The van der Waals surface area contributed by atoms with Crippen molar-refractivity contribution in [1.82, 2.24) is 4.90 Å². The van der Waals surface area contributed by atoms with Crippen molar-refractivity contribution in [2.75, 3.05) is 11.9 Å². The van der Waals surface area contributed by atoms with Crippen LogP contribution in [0.3, 0.4) is 0 Å². The van der Waals surface area contributed by atoms with E-state index >= 15 is 0 Å². The first-order chi connectivity index (χ1) is 12.5. The molecule has 0 unspecified atom stereocenters. The van der Waals surface area contributed by atoms with Crippen molar-refractivity contribution in [3.05, 3.63) is 29.8 Å². The van der Waals surface area contributed by atoms with E-state index in [9.17, 15) is 19.2 Å². The van der Waals surface area contributed by atoms with E-state index in [0.29, 0.717) is 23.1 Å². The summed E-state index contributed by atoms with van der Waals surface area (Å²) in [6, 6.07) is 6.72. The number of imide groups is 1. The van der Waals surface area contributed by atoms with E-state index < -0.39 is 0 Å². The van der Waals surface area contributed by atoms with Crippen LogP contribution in [0.5, 0.6) is 0 Å². The maximum atomic E-state index is 12.6. The van der Waals surface area contributed by atoms with E-state index in [1.54, 1.807) is 24.3 Å². The molecule has 1 aromatic rings. The molecule has 0 radical (unpaired) electrons. The van der Waals surface area contributed by atoms with Gasteiger partial charge in [-0.05, 0) is 50.2 Å². The molecule has 1 saturated heterocycles. The van der Waals surface area contributed by atoms with Crippen LogP contribution < -0.4 is 5.32 Å². The van der Waals surface area contributed by atoms with Crippen LogP contribution in [0, 0.1) is 23.7 Å². The molecule has 6 heteroatoms. The molecule has 4 atom stereocenters. The summed E-state index contributed by atoms with van der Waals surface area (Å²) in [5, 5.41) is 2.73. The molecule has 1 aliphatic heterocycles. The largest absolute Gasteiger partial charge is 0.326 e. The fourth-order valence-corrected chi connectivity index (χ4v) is 4.94. The van der Waals surface area contributed by atoms with Crippen molar-refractivity contribution in [3.8, 4) is 0 Å². The molecule has 3 fully saturated rings. The smallest absolute Gasteiger partial charge is 0.233 e. The molecule has 3 amide bonds. The van der Waals surface area contributed by atoms with Gasteiger partial charge in [-0.2, -0.15) is 0 Å². The summed E-state index contributed by atoms with van der Waals surface area (Å²) in [5.41, 5.74) is 1.06. The number of rotatable bonds is 5. The molecular weight excluding hydrogens is 332 g/mol. The monoisotopic (exact) mass is 354 g/mol. The van der Waals surface area contributed by atoms with Crippen LogP contribution in [-0.4, -0.2) is 34.9 Å². The molecule has 6 nitrogen and oxygen atoms in total. The van der Waals surface area contributed by atoms with Gasteiger partial charge in [-0.3, -0.25) is 24.1 Å². The van der Waals surface area contributed by atoms with Crippen LogP contribution in [0.2, 0.25) is 0 Å². The van der Waals surface area contributed by atoms with E-state index in [1.807, 2.05) is 0 Å². The summed E-state index contributed by atoms with van der Waals surface area (Å²) in [6.07, 6.45) is 3.17. The lowest BCUT2D eigenvalue weighted by Gasteiger charge is -2.19. The second-order valence-corrected chi connectivity index (χ2v) is 7.65. The molecule has 0 spiro atoms. The first-order valence-electron chi connectivity index (χ1n) is 9.22. The SMILES string of the molecule is CC(=O)c1cccc(NC(=O)CCN2C(=O)[C@@H]3[C@H]4CC[C@H](C4)[C@@H]3C2=O)c1. The number of Topliss-reactive ketones (excluding diaryl/α,β-unsaturated/α-hetero) is 1. The number of fused-ring (bicyclic) bond motifs is 5. The molecule has 1 N–H and O–H groups in total. The third kappa shape index (κ3) is 2.73. The molecule has 0 aromatic heterocycles. The lowest BCUT2D eigenvalue weighted by Crippen LogP contribution is -2.35. The number of amides is 3. The van der Waals surface area contributed by atoms with Crippen LogP contribution in [0.25, 0.3) is 0 Å². The Morgan fingerprint density at radius 3 is 2.38 bits per heavy atom. The summed E-state index contributed by atoms with van der Waals surface area (Å²) in [6.45, 7) is 1.60. The van der Waals surface area contributed by atoms with E-state index in [-0.39, 0.29) is 48.3 Å². The van der Waals surface area contributed by atoms with Gasteiger partial charge in [0, 0.05) is 24.2 Å². The van der Waals surface area contributed by atoms with Crippen LogP contribution in [0.15, 0.2) is 24.3 Å². The number of likely N-dealkylation sites (tertiary alicyclic amines) is 1. The van der Waals surface area contributed by atoms with Gasteiger partial charge in [-0.1, -0.05) is 12.1 Å². The Hall–Kier alpha value is -2.50. The van der Waals surface area contributed by atoms with Crippen molar-refractivity contribution >= 4 is 29.2 Å². The number of benzene rings is 1. The van der Waals surface area contributed by atoms with Crippen molar-refractivity contribution in [1.29, 1.82) is 0 Å². The summed E-state index contributed by atoms with van der Waals surface area (Å²) in [5.74, 6) is -0.0867. The summed E-state index contributed by atoms with van der Waals surface area (Å²) >= 11 is 0. The summed E-state index contributed by atoms with van der Waals surface area (Å²) in [4.78, 5) is 50.1. The molecule has 1 heterocycles. The zero-order chi connectivity index (χ0) is 18.4. The minimum atomic E-state index is -0.272. The highest BCUT2D eigenvalue weighted by molar-refractivity contribution is 6.06. The van der Waals surface area contributed by atoms with Gasteiger partial charge in [0.2, 0.25) is 17.7 Å². The topological polar surface area (TPSA) is 83.6 Å². The van der Waals surface area contributed by atoms with E-state index in [2.05, 4.69) is 5.32 Å². The predicted molar refractivity (Wildman–Crippen MR) is 94.2 cm³/mol. The van der Waals surface area contributed by atoms with Crippen molar-refractivity contribution in [2.45, 2.75) is 32.6 Å². The van der Waals surface area contributed by atoms with Crippen LogP contribution in [-0.2, 0) is 14.4 Å². The average Bonchev–Trinajstić information content (AvgIpc) is 3.28. The number of carbonyl (C=O) groups is 4. The zero-order valence-electron chi connectivity index (χ0n) is 14.7. The molecule has 2 aliphatic carbocycles. The fraction of sp³-hybridized carbons (Fsp3) is 0.500. The van der Waals surface area contributed by atoms with Crippen molar-refractivity contribution < 1.29 is 19.2 Å². The fourth-order valence-electron chi connectivity index (χ4n) is 4.94. The van der Waals surface area contributed by atoms with Crippen LogP contribution in [0.4, 0.5) is 5.69 Å². The molecule has 3 aliphatic rings. The first kappa shape index (κ1) is 16.9. The van der Waals surface area contributed by atoms with Gasteiger partial charge in [0.15, 0.2) is 5.78 Å². The van der Waals surface area contributed by atoms with Crippen molar-refractivity contribution in [2.24, 2.45) is 23.7 Å². The number of nitrogens with zero attached hydrogens (tertiary/aromatic N) is 1. The van der Waals surface area contributed by atoms with Gasteiger partial charge in [0.1, 0.15) is 0 Å². The highest BCUT2D eigenvalue weighted by Crippen LogP contribution is 2.56. The van der Waals surface area contributed by atoms with E-state index in [1.165, 1.54) is 11.8 Å². The molecule has 1 aromatic carbocycles. The molecule has 136 valence electrons. The molecule has 2 bridgehead atoms. The zero-order valence-corrected chi connectivity index (χ0v) is 14.7. The predicted octanol–water partition coefficient (Wildman–Crippen LogP) is 2.25. The van der Waals surface area contributed by atoms with Gasteiger partial charge in [-0.15, -0.1) is 0 Å². The Balaban J connectivity index is 1.36. The van der Waals surface area contributed by atoms with Gasteiger partial charge in [0.05, 0.1) is 11.8 Å². The number of ketones is 1. The summed E-state index contributed by atoms with van der Waals surface area (Å²) < 4.78 is 0. The van der Waals surface area contributed by atoms with E-state index in [0.717, 1.165) is 19.3 Å². The van der Waals surface area contributed by atoms with Gasteiger partial charge in [-0.25, -0.2) is 0 Å². The second kappa shape index (κ2) is 6.34. The lowest BCUT2D eigenvalue weighted by atomic mass is 9.81. The molecular formula is C20H22N2O4. The minimum Gasteiger partial charge on any atom is -0.326 e. The highest BCUT2D eigenvalue weighted by Gasteiger charge is 2.60. The third-order valence-corrected chi connectivity index (χ3v) is 6.13. The number of carbonyl (C=O) groups excluding carboxylic acids is 4. The van der Waals surface area contributed by atoms with Gasteiger partial charge < -0.3 is 5.32 Å². The summed E-state index contributed by atoms with van der Waals surface area (Å²) in [7, 11) is 0. The lowest BCUT2D eigenvalue weighted by molar-refractivity contribution is -0.140. The Morgan fingerprint density at radius 1 is 1.12 bits per heavy atom. The first-order valence-corrected chi connectivity index (χ1v) is 9.22. The maximum Gasteiger partial charge on any atom is 0.233 e. The molecule has 26 heavy (non-hydrogen) atoms. The number of hydrogen-bond donors (Lipinski definition) is 1. The quantitative estimate of drug-likeness (QED) is 0.649. The Bertz CT molecular complexity index is 775.